The van der Waals surface area contributed by atoms with Crippen LogP contribution in [0.4, 0.5) is 0 Å². The van der Waals surface area contributed by atoms with Crippen LogP contribution < -0.4 is 0 Å². The van der Waals surface area contributed by atoms with Crippen molar-refractivity contribution in [3.63, 3.8) is 0 Å². The number of rotatable bonds is 2. The van der Waals surface area contributed by atoms with Crippen LogP contribution >= 0.6 is 31.2 Å². The molecule has 9 heavy (non-hydrogen) atoms. The third-order valence-corrected chi connectivity index (χ3v) is 2.21. The first-order valence-corrected chi connectivity index (χ1v) is 5.00. The molecule has 0 radical (unpaired) electrons. The molecule has 0 amide bonds. The molecular formula is C4H4O2PS2+. The van der Waals surface area contributed by atoms with Gasteiger partial charge in [-0.05, 0) is 4.57 Å². The van der Waals surface area contributed by atoms with Crippen molar-refractivity contribution in [2.45, 2.75) is 0 Å². The van der Waals surface area contributed by atoms with Gasteiger partial charge in [0.25, 0.3) is 0 Å². The zero-order valence-corrected chi connectivity index (χ0v) is 6.92. The highest BCUT2D eigenvalue weighted by Gasteiger charge is 2.08. The lowest BCUT2D eigenvalue weighted by Crippen LogP contribution is -1.55. The largest absolute Gasteiger partial charge is 0.587 e. The first-order valence-electron chi connectivity index (χ1n) is 1.85. The quantitative estimate of drug-likeness (QED) is 0.385. The number of thiol groups is 1. The summed E-state index contributed by atoms with van der Waals surface area (Å²) in [6, 6.07) is 0. The second-order valence-corrected chi connectivity index (χ2v) is 3.96. The van der Waals surface area contributed by atoms with Gasteiger partial charge in [0.1, 0.15) is 0 Å². The van der Waals surface area contributed by atoms with Gasteiger partial charge in [-0.15, -0.1) is 19.1 Å². The fraction of sp³-hybridized carbons (Fsp3) is 0. The molecule has 0 aliphatic heterocycles. The summed E-state index contributed by atoms with van der Waals surface area (Å²) in [6.45, 7) is 0. The Morgan fingerprint density at radius 1 is 2.00 bits per heavy atom. The lowest BCUT2D eigenvalue weighted by atomic mass is 10.7. The topological polar surface area (TPSA) is 37.3 Å². The van der Waals surface area contributed by atoms with Crippen LogP contribution in [-0.4, -0.2) is 4.89 Å². The van der Waals surface area contributed by atoms with Crippen LogP contribution in [0.5, 0.6) is 0 Å². The van der Waals surface area contributed by atoms with Crippen molar-refractivity contribution in [1.29, 1.82) is 0 Å². The average Bonchev–Trinajstić information content (AvgIpc) is 1.83. The molecular weight excluding hydrogens is 175 g/mol. The number of hydrogen-bond acceptors (Lipinski definition) is 3. The van der Waals surface area contributed by atoms with Crippen molar-refractivity contribution in [3.05, 3.63) is 10.3 Å². The number of terminal acetylenes is 1. The van der Waals surface area contributed by atoms with E-state index < -0.39 is 7.23 Å². The predicted molar refractivity (Wildman–Crippen MR) is 43.3 cm³/mol. The summed E-state index contributed by atoms with van der Waals surface area (Å²) >= 11 is 4.52. The summed E-state index contributed by atoms with van der Waals surface area (Å²) in [4.78, 5) is 8.58. The normalized spacial score (nSPS) is 12.6. The Morgan fingerprint density at radius 2 is 2.56 bits per heavy atom. The van der Waals surface area contributed by atoms with Gasteiger partial charge in [-0.3, -0.25) is 0 Å². The first-order chi connectivity index (χ1) is 4.16. The maximum atomic E-state index is 9.98. The average molecular weight is 179 g/mol. The van der Waals surface area contributed by atoms with Crippen LogP contribution in [0, 0.1) is 12.3 Å². The van der Waals surface area contributed by atoms with Crippen LogP contribution in [0.1, 0.15) is 0 Å². The van der Waals surface area contributed by atoms with Gasteiger partial charge in [0.15, 0.2) is 11.4 Å². The van der Waals surface area contributed by atoms with Gasteiger partial charge in [-0.1, -0.05) is 5.92 Å². The van der Waals surface area contributed by atoms with Crippen LogP contribution in [0.25, 0.3) is 0 Å². The van der Waals surface area contributed by atoms with E-state index in [0.29, 0.717) is 4.91 Å². The van der Waals surface area contributed by atoms with Crippen molar-refractivity contribution in [1.82, 2.24) is 0 Å². The Bertz CT molecular complexity index is 181. The highest BCUT2D eigenvalue weighted by atomic mass is 32.7. The highest BCUT2D eigenvalue weighted by Crippen LogP contribution is 2.34. The minimum absolute atomic E-state index is 0.359. The molecule has 0 heterocycles. The van der Waals surface area contributed by atoms with Gasteiger partial charge in [0, 0.05) is 5.41 Å². The van der Waals surface area contributed by atoms with E-state index in [0.717, 1.165) is 11.4 Å². The highest BCUT2D eigenvalue weighted by molar-refractivity contribution is 8.51. The molecule has 0 saturated heterocycles. The fourth-order valence-electron chi connectivity index (χ4n) is 0.129. The molecule has 0 aromatic carbocycles. The van der Waals surface area contributed by atoms with Gasteiger partial charge < -0.3 is 0 Å². The molecule has 0 rings (SSSR count). The molecule has 2 nitrogen and oxygen atoms in total. The van der Waals surface area contributed by atoms with Crippen LogP contribution in [0.2, 0.25) is 0 Å². The van der Waals surface area contributed by atoms with Gasteiger partial charge in [-0.2, -0.15) is 4.89 Å². The Hall–Kier alpha value is 0.0600. The Labute approximate surface area is 63.8 Å². The third-order valence-electron chi connectivity index (χ3n) is 0.402. The monoisotopic (exact) mass is 179 g/mol. The Morgan fingerprint density at radius 3 is 2.89 bits per heavy atom. The summed E-state index contributed by atoms with van der Waals surface area (Å²) in [5.41, 5.74) is 0. The molecule has 48 valence electrons. The predicted octanol–water partition coefficient (Wildman–Crippen LogP) is 1.77. The summed E-state index contributed by atoms with van der Waals surface area (Å²) in [5, 5.41) is 1.35. The molecule has 0 bridgehead atoms. The molecule has 1 unspecified atom stereocenters. The summed E-state index contributed by atoms with van der Waals surface area (Å²) in [5.74, 6) is 2.19. The van der Waals surface area contributed by atoms with Crippen LogP contribution in [0.15, 0.2) is 10.3 Å². The van der Waals surface area contributed by atoms with E-state index in [1.165, 1.54) is 5.41 Å². The van der Waals surface area contributed by atoms with E-state index in [1.54, 1.807) is 0 Å². The molecule has 1 N–H and O–H groups in total. The molecule has 0 fully saturated rings. The molecule has 5 heteroatoms. The molecule has 0 aromatic rings. The van der Waals surface area contributed by atoms with Gasteiger partial charge >= 0.3 is 7.23 Å². The maximum absolute atomic E-state index is 9.98. The minimum atomic E-state index is -2.19. The van der Waals surface area contributed by atoms with E-state index in [-0.39, 0.29) is 0 Å². The fourth-order valence-corrected chi connectivity index (χ4v) is 1.38. The zero-order chi connectivity index (χ0) is 7.28. The zero-order valence-electron chi connectivity index (χ0n) is 4.31. The SMILES string of the molecule is C#C/C(S)=C/S[P+](=O)O. The van der Waals surface area contributed by atoms with E-state index in [4.69, 9.17) is 11.3 Å². The van der Waals surface area contributed by atoms with Crippen molar-refractivity contribution in [2.75, 3.05) is 0 Å². The standard InChI is InChI=1S/C4H3O2PS2/c1-2-4(8)3-9-7(5)6/h1,3H,(H-,5,6,8)/p+1/b4-3-. The van der Waals surface area contributed by atoms with Gasteiger partial charge in [-0.25, -0.2) is 0 Å². The van der Waals surface area contributed by atoms with E-state index in [9.17, 15) is 4.57 Å². The van der Waals surface area contributed by atoms with E-state index in [2.05, 4.69) is 18.5 Å². The minimum Gasteiger partial charge on any atom is -0.150 e. The van der Waals surface area contributed by atoms with Crippen molar-refractivity contribution in [2.24, 2.45) is 0 Å². The van der Waals surface area contributed by atoms with Crippen molar-refractivity contribution >= 4 is 31.2 Å². The molecule has 1 atom stereocenters. The second-order valence-electron chi connectivity index (χ2n) is 0.991. The smallest absolute Gasteiger partial charge is 0.150 e. The summed E-state index contributed by atoms with van der Waals surface area (Å²) in [6.07, 6.45) is 4.87. The lowest BCUT2D eigenvalue weighted by molar-refractivity contribution is 0.520. The molecule has 0 saturated carbocycles. The molecule has 0 aliphatic carbocycles. The summed E-state index contributed by atoms with van der Waals surface area (Å²) in [7, 11) is -2.19. The number of allylic oxidation sites excluding steroid dienone is 1. The van der Waals surface area contributed by atoms with E-state index >= 15 is 0 Å². The van der Waals surface area contributed by atoms with Gasteiger partial charge in [0.2, 0.25) is 0 Å². The van der Waals surface area contributed by atoms with Gasteiger partial charge in [0.05, 0.1) is 4.91 Å². The molecule has 0 aliphatic rings. The second kappa shape index (κ2) is 4.89. The summed E-state index contributed by atoms with van der Waals surface area (Å²) < 4.78 is 9.98. The molecule has 0 spiro atoms. The molecule has 0 aromatic heterocycles. The number of hydrogen-bond donors (Lipinski definition) is 2. The van der Waals surface area contributed by atoms with Crippen molar-refractivity contribution < 1.29 is 9.46 Å². The van der Waals surface area contributed by atoms with E-state index in [1.807, 2.05) is 0 Å². The third kappa shape index (κ3) is 5.94. The van der Waals surface area contributed by atoms with Crippen molar-refractivity contribution in [3.8, 4) is 12.3 Å². The maximum Gasteiger partial charge on any atom is 0.587 e. The Balaban J connectivity index is 3.74. The first kappa shape index (κ1) is 9.06. The Kier molecular flexibility index (Phi) is 4.93. The van der Waals surface area contributed by atoms with Crippen LogP contribution in [-0.2, 0) is 4.57 Å². The van der Waals surface area contributed by atoms with Crippen LogP contribution in [0.3, 0.4) is 0 Å². The lowest BCUT2D eigenvalue weighted by Gasteiger charge is -1.74.